The highest BCUT2D eigenvalue weighted by atomic mass is 14.9. The van der Waals surface area contributed by atoms with Crippen LogP contribution in [0.2, 0.25) is 0 Å². The Morgan fingerprint density at radius 2 is 1.26 bits per heavy atom. The summed E-state index contributed by atoms with van der Waals surface area (Å²) in [6.45, 7) is 0. The molecule has 0 aliphatic rings. The molecule has 0 unspecified atom stereocenters. The van der Waals surface area contributed by atoms with E-state index in [1.807, 2.05) is 67.0 Å². The molecule has 19 heavy (non-hydrogen) atoms. The van der Waals surface area contributed by atoms with E-state index in [2.05, 4.69) is 9.97 Å². The van der Waals surface area contributed by atoms with Crippen LogP contribution in [-0.4, -0.2) is 17.8 Å². The van der Waals surface area contributed by atoms with Crippen LogP contribution in [-0.2, 0) is 0 Å². The van der Waals surface area contributed by atoms with Crippen molar-refractivity contribution < 1.29 is 0 Å². The fourth-order valence-electron chi connectivity index (χ4n) is 1.89. The Bertz CT molecular complexity index is 661. The lowest BCUT2D eigenvalue weighted by molar-refractivity contribution is 1.18. The van der Waals surface area contributed by atoms with Crippen LogP contribution >= 0.6 is 0 Å². The highest BCUT2D eigenvalue weighted by Crippen LogP contribution is 2.19. The summed E-state index contributed by atoms with van der Waals surface area (Å²) in [6.07, 6.45) is 3.67. The molecule has 0 saturated carbocycles. The molecule has 0 spiro atoms. The molecular weight excluding hydrogens is 231 g/mol. The smallest absolute Gasteiger partial charge is 0.159 e. The van der Waals surface area contributed by atoms with Crippen LogP contribution in [0.1, 0.15) is 0 Å². The van der Waals surface area contributed by atoms with Crippen molar-refractivity contribution in [3.63, 3.8) is 0 Å². The van der Waals surface area contributed by atoms with Crippen LogP contribution in [0.15, 0.2) is 67.0 Å². The van der Waals surface area contributed by atoms with Crippen molar-refractivity contribution >= 4 is 13.3 Å². The molecule has 0 N–H and O–H groups in total. The average molecular weight is 242 g/mol. The zero-order valence-electron chi connectivity index (χ0n) is 10.3. The number of hydrogen-bond acceptors (Lipinski definition) is 2. The molecule has 0 aliphatic heterocycles. The first-order chi connectivity index (χ1) is 9.33. The van der Waals surface area contributed by atoms with Crippen molar-refractivity contribution in [1.82, 2.24) is 9.97 Å². The summed E-state index contributed by atoms with van der Waals surface area (Å²) in [4.78, 5) is 8.81. The molecule has 0 aliphatic carbocycles. The molecule has 0 amide bonds. The standard InChI is InChI=1S/C16H11BN2/c17-15-8-6-12(7-9-15)14-10-18-16(19-11-14)13-4-2-1-3-5-13/h1-11H. The van der Waals surface area contributed by atoms with Gasteiger partial charge in [0.25, 0.3) is 0 Å². The quantitative estimate of drug-likeness (QED) is 0.645. The Balaban J connectivity index is 1.93. The van der Waals surface area contributed by atoms with Gasteiger partial charge in [0.1, 0.15) is 7.85 Å². The summed E-state index contributed by atoms with van der Waals surface area (Å²) in [5.41, 5.74) is 3.82. The fraction of sp³-hybridized carbons (Fsp3) is 0. The van der Waals surface area contributed by atoms with Crippen LogP contribution in [0.3, 0.4) is 0 Å². The number of hydrogen-bond donors (Lipinski definition) is 0. The third kappa shape index (κ3) is 2.55. The topological polar surface area (TPSA) is 25.8 Å². The van der Waals surface area contributed by atoms with Crippen molar-refractivity contribution in [2.75, 3.05) is 0 Å². The number of benzene rings is 2. The van der Waals surface area contributed by atoms with Crippen LogP contribution in [0.4, 0.5) is 0 Å². The third-order valence-corrected chi connectivity index (χ3v) is 2.93. The molecule has 1 heterocycles. The van der Waals surface area contributed by atoms with Gasteiger partial charge in [-0.25, -0.2) is 9.97 Å². The minimum absolute atomic E-state index is 0.736. The van der Waals surface area contributed by atoms with E-state index >= 15 is 0 Å². The Hall–Kier alpha value is -2.42. The van der Waals surface area contributed by atoms with E-state index in [1.54, 1.807) is 0 Å². The van der Waals surface area contributed by atoms with E-state index in [4.69, 9.17) is 7.85 Å². The van der Waals surface area contributed by atoms with Gasteiger partial charge < -0.3 is 0 Å². The predicted molar refractivity (Wildman–Crippen MR) is 78.3 cm³/mol. The van der Waals surface area contributed by atoms with Crippen LogP contribution < -0.4 is 5.46 Å². The zero-order valence-corrected chi connectivity index (χ0v) is 10.3. The summed E-state index contributed by atoms with van der Waals surface area (Å²) >= 11 is 0. The second kappa shape index (κ2) is 5.06. The summed E-state index contributed by atoms with van der Waals surface area (Å²) < 4.78 is 0. The second-order valence-electron chi connectivity index (χ2n) is 4.28. The van der Waals surface area contributed by atoms with Crippen molar-refractivity contribution in [2.45, 2.75) is 0 Å². The first-order valence-electron chi connectivity index (χ1n) is 6.06. The maximum atomic E-state index is 5.67. The molecule has 0 fully saturated rings. The number of rotatable bonds is 2. The molecular formula is C16H11BN2. The highest BCUT2D eigenvalue weighted by molar-refractivity contribution is 6.32. The summed E-state index contributed by atoms with van der Waals surface area (Å²) in [6, 6.07) is 17.6. The van der Waals surface area contributed by atoms with E-state index in [9.17, 15) is 0 Å². The van der Waals surface area contributed by atoms with E-state index in [0.717, 1.165) is 28.0 Å². The van der Waals surface area contributed by atoms with Crippen molar-refractivity contribution in [3.8, 4) is 22.5 Å². The van der Waals surface area contributed by atoms with Crippen molar-refractivity contribution in [3.05, 3.63) is 67.0 Å². The maximum absolute atomic E-state index is 5.67. The zero-order chi connectivity index (χ0) is 13.1. The highest BCUT2D eigenvalue weighted by Gasteiger charge is 2.02. The number of aromatic nitrogens is 2. The molecule has 1 aromatic heterocycles. The van der Waals surface area contributed by atoms with Gasteiger partial charge in [-0.2, -0.15) is 0 Å². The van der Waals surface area contributed by atoms with Gasteiger partial charge in [-0.1, -0.05) is 60.1 Å². The van der Waals surface area contributed by atoms with Crippen LogP contribution in [0.5, 0.6) is 0 Å². The lowest BCUT2D eigenvalue weighted by Gasteiger charge is -2.03. The normalized spacial score (nSPS) is 10.3. The molecule has 2 nitrogen and oxygen atoms in total. The molecule has 3 rings (SSSR count). The fourth-order valence-corrected chi connectivity index (χ4v) is 1.89. The molecule has 3 aromatic rings. The molecule has 3 heteroatoms. The van der Waals surface area contributed by atoms with Gasteiger partial charge in [-0.05, 0) is 5.56 Å². The summed E-state index contributed by atoms with van der Waals surface area (Å²) in [5.74, 6) is 0.736. The molecule has 2 radical (unpaired) electrons. The summed E-state index contributed by atoms with van der Waals surface area (Å²) in [5, 5.41) is 0. The van der Waals surface area contributed by atoms with Crippen LogP contribution in [0.25, 0.3) is 22.5 Å². The maximum Gasteiger partial charge on any atom is 0.159 e. The van der Waals surface area contributed by atoms with E-state index in [-0.39, 0.29) is 0 Å². The molecule has 0 atom stereocenters. The Morgan fingerprint density at radius 1 is 0.632 bits per heavy atom. The molecule has 88 valence electrons. The Labute approximate surface area is 113 Å². The van der Waals surface area contributed by atoms with Gasteiger partial charge in [0.2, 0.25) is 0 Å². The van der Waals surface area contributed by atoms with Gasteiger partial charge in [0.05, 0.1) is 0 Å². The second-order valence-corrected chi connectivity index (χ2v) is 4.28. The third-order valence-electron chi connectivity index (χ3n) is 2.93. The lowest BCUT2D eigenvalue weighted by atomic mass is 9.94. The summed E-state index contributed by atoms with van der Waals surface area (Å²) in [7, 11) is 5.67. The van der Waals surface area contributed by atoms with Crippen molar-refractivity contribution in [2.24, 2.45) is 0 Å². The number of nitrogens with zero attached hydrogens (tertiary/aromatic N) is 2. The lowest BCUT2D eigenvalue weighted by Crippen LogP contribution is -1.99. The Kier molecular flexibility index (Phi) is 3.11. The Morgan fingerprint density at radius 3 is 1.89 bits per heavy atom. The van der Waals surface area contributed by atoms with E-state index in [1.165, 1.54) is 0 Å². The first-order valence-corrected chi connectivity index (χ1v) is 6.06. The van der Waals surface area contributed by atoms with Gasteiger partial charge in [-0.3, -0.25) is 0 Å². The van der Waals surface area contributed by atoms with Gasteiger partial charge in [0, 0.05) is 23.5 Å². The van der Waals surface area contributed by atoms with E-state index < -0.39 is 0 Å². The molecule has 0 bridgehead atoms. The SMILES string of the molecule is [B]c1ccc(-c2cnc(-c3ccccc3)nc2)cc1. The van der Waals surface area contributed by atoms with E-state index in [0.29, 0.717) is 0 Å². The van der Waals surface area contributed by atoms with Gasteiger partial charge >= 0.3 is 0 Å². The first kappa shape index (κ1) is 11.7. The minimum atomic E-state index is 0.736. The predicted octanol–water partition coefficient (Wildman–Crippen LogP) is 2.60. The van der Waals surface area contributed by atoms with Crippen LogP contribution in [0, 0.1) is 0 Å². The average Bonchev–Trinajstić information content (AvgIpc) is 2.49. The molecule has 2 aromatic carbocycles. The van der Waals surface area contributed by atoms with Gasteiger partial charge in [0.15, 0.2) is 5.82 Å². The molecule has 0 saturated heterocycles. The van der Waals surface area contributed by atoms with Crippen molar-refractivity contribution in [1.29, 1.82) is 0 Å². The monoisotopic (exact) mass is 242 g/mol. The van der Waals surface area contributed by atoms with Gasteiger partial charge in [-0.15, -0.1) is 0 Å². The minimum Gasteiger partial charge on any atom is -0.236 e. The largest absolute Gasteiger partial charge is 0.236 e.